The van der Waals surface area contributed by atoms with Gasteiger partial charge < -0.3 is 0 Å². The molecule has 0 saturated heterocycles. The molecule has 122 valence electrons. The van der Waals surface area contributed by atoms with E-state index in [4.69, 9.17) is 0 Å². The molecule has 0 radical (unpaired) electrons. The van der Waals surface area contributed by atoms with Crippen molar-refractivity contribution in [1.29, 1.82) is 0 Å². The fraction of sp³-hybridized carbons (Fsp3) is 0.429. The molecule has 0 saturated carbocycles. The second-order valence-corrected chi connectivity index (χ2v) is 10.4. The zero-order valence-corrected chi connectivity index (χ0v) is 16.9. The standard InChI is InChI=1S/C21H25BrS/c1-6-15(18-9-10-19(22)23-18)14-7-8-16-17(13-14)21(4,5)12-11-20(16,2)3/h6-10,13,15H,1,11-12H2,2-5H3. The van der Waals surface area contributed by atoms with Crippen molar-refractivity contribution in [2.75, 3.05) is 0 Å². The SMILES string of the molecule is C=CC(c1ccc2c(c1)C(C)(C)CCC2(C)C)c1ccc(Br)s1. The van der Waals surface area contributed by atoms with Gasteiger partial charge in [0.05, 0.1) is 3.79 Å². The molecule has 1 aromatic carbocycles. The molecule has 0 amide bonds. The first-order chi connectivity index (χ1) is 10.7. The van der Waals surface area contributed by atoms with E-state index in [1.54, 1.807) is 11.3 Å². The minimum absolute atomic E-state index is 0.253. The number of hydrogen-bond acceptors (Lipinski definition) is 1. The van der Waals surface area contributed by atoms with E-state index in [1.165, 1.54) is 38.2 Å². The molecular weight excluding hydrogens is 364 g/mol. The van der Waals surface area contributed by atoms with E-state index >= 15 is 0 Å². The van der Waals surface area contributed by atoms with Crippen molar-refractivity contribution in [3.05, 3.63) is 68.3 Å². The Hall–Kier alpha value is -0.860. The van der Waals surface area contributed by atoms with Crippen molar-refractivity contribution in [2.45, 2.75) is 57.3 Å². The molecule has 0 nitrogen and oxygen atoms in total. The molecule has 1 aromatic heterocycles. The van der Waals surface area contributed by atoms with E-state index in [0.29, 0.717) is 0 Å². The summed E-state index contributed by atoms with van der Waals surface area (Å²) in [6, 6.07) is 11.4. The van der Waals surface area contributed by atoms with Gasteiger partial charge in [-0.15, -0.1) is 17.9 Å². The van der Waals surface area contributed by atoms with Gasteiger partial charge >= 0.3 is 0 Å². The van der Waals surface area contributed by atoms with E-state index in [0.717, 1.165) is 0 Å². The maximum absolute atomic E-state index is 4.09. The van der Waals surface area contributed by atoms with Crippen LogP contribution in [0.4, 0.5) is 0 Å². The summed E-state index contributed by atoms with van der Waals surface area (Å²) in [4.78, 5) is 1.35. The third kappa shape index (κ3) is 3.08. The molecule has 2 aromatic rings. The summed E-state index contributed by atoms with van der Waals surface area (Å²) in [6.45, 7) is 13.6. The molecule has 0 N–H and O–H groups in total. The lowest BCUT2D eigenvalue weighted by atomic mass is 9.62. The largest absolute Gasteiger partial charge is 0.132 e. The monoisotopic (exact) mass is 388 g/mol. The zero-order valence-electron chi connectivity index (χ0n) is 14.4. The molecule has 1 unspecified atom stereocenters. The van der Waals surface area contributed by atoms with Gasteiger partial charge in [-0.25, -0.2) is 0 Å². The fourth-order valence-corrected chi connectivity index (χ4v) is 5.26. The van der Waals surface area contributed by atoms with Crippen LogP contribution in [-0.4, -0.2) is 0 Å². The predicted molar refractivity (Wildman–Crippen MR) is 106 cm³/mol. The maximum Gasteiger partial charge on any atom is 0.0701 e. The van der Waals surface area contributed by atoms with Gasteiger partial charge in [-0.05, 0) is 68.4 Å². The van der Waals surface area contributed by atoms with Crippen LogP contribution in [0, 0.1) is 0 Å². The van der Waals surface area contributed by atoms with Gasteiger partial charge in [0.15, 0.2) is 0 Å². The molecule has 23 heavy (non-hydrogen) atoms. The van der Waals surface area contributed by atoms with E-state index in [-0.39, 0.29) is 16.7 Å². The van der Waals surface area contributed by atoms with Crippen LogP contribution in [0.3, 0.4) is 0 Å². The molecule has 1 heterocycles. The third-order valence-corrected chi connectivity index (χ3v) is 7.08. The lowest BCUT2D eigenvalue weighted by Crippen LogP contribution is -2.34. The molecular formula is C21H25BrS. The smallest absolute Gasteiger partial charge is 0.0701 e. The first kappa shape index (κ1) is 17.0. The van der Waals surface area contributed by atoms with Gasteiger partial charge in [0, 0.05) is 10.8 Å². The summed E-state index contributed by atoms with van der Waals surface area (Å²) in [7, 11) is 0. The Morgan fingerprint density at radius 1 is 1.04 bits per heavy atom. The van der Waals surface area contributed by atoms with Crippen LogP contribution >= 0.6 is 27.3 Å². The highest BCUT2D eigenvalue weighted by atomic mass is 79.9. The van der Waals surface area contributed by atoms with Gasteiger partial charge in [-0.2, -0.15) is 0 Å². The number of hydrogen-bond donors (Lipinski definition) is 0. The molecule has 2 heteroatoms. The van der Waals surface area contributed by atoms with Crippen LogP contribution in [0.1, 0.15) is 68.0 Å². The van der Waals surface area contributed by atoms with Crippen molar-refractivity contribution in [2.24, 2.45) is 0 Å². The Bertz CT molecular complexity index is 736. The Kier molecular flexibility index (Phi) is 4.35. The molecule has 1 atom stereocenters. The van der Waals surface area contributed by atoms with E-state index in [1.807, 2.05) is 0 Å². The highest BCUT2D eigenvalue weighted by Crippen LogP contribution is 2.47. The molecule has 0 aliphatic heterocycles. The highest BCUT2D eigenvalue weighted by molar-refractivity contribution is 9.11. The molecule has 1 aliphatic carbocycles. The number of thiophene rings is 1. The summed E-state index contributed by atoms with van der Waals surface area (Å²) >= 11 is 5.38. The predicted octanol–water partition coefficient (Wildman–Crippen LogP) is 7.18. The fourth-order valence-electron chi connectivity index (χ4n) is 3.71. The van der Waals surface area contributed by atoms with Crippen molar-refractivity contribution in [1.82, 2.24) is 0 Å². The van der Waals surface area contributed by atoms with Crippen LogP contribution in [-0.2, 0) is 10.8 Å². The van der Waals surface area contributed by atoms with Gasteiger partial charge in [-0.3, -0.25) is 0 Å². The van der Waals surface area contributed by atoms with Gasteiger partial charge in [-0.1, -0.05) is 52.0 Å². The molecule has 0 spiro atoms. The zero-order chi connectivity index (χ0) is 16.8. The normalized spacial score (nSPS) is 19.9. The highest BCUT2D eigenvalue weighted by Gasteiger charge is 2.37. The van der Waals surface area contributed by atoms with Crippen molar-refractivity contribution in [3.63, 3.8) is 0 Å². The number of rotatable bonds is 3. The van der Waals surface area contributed by atoms with Crippen LogP contribution in [0.2, 0.25) is 0 Å². The van der Waals surface area contributed by atoms with Gasteiger partial charge in [0.1, 0.15) is 0 Å². The van der Waals surface area contributed by atoms with Crippen molar-refractivity contribution < 1.29 is 0 Å². The van der Waals surface area contributed by atoms with Crippen molar-refractivity contribution in [3.8, 4) is 0 Å². The van der Waals surface area contributed by atoms with Crippen molar-refractivity contribution >= 4 is 27.3 Å². The van der Waals surface area contributed by atoms with Crippen LogP contribution < -0.4 is 0 Å². The summed E-state index contributed by atoms with van der Waals surface area (Å²) < 4.78 is 1.18. The molecule has 0 fully saturated rings. The van der Waals surface area contributed by atoms with Gasteiger partial charge in [0.2, 0.25) is 0 Å². The number of benzene rings is 1. The minimum Gasteiger partial charge on any atom is -0.132 e. The molecule has 0 bridgehead atoms. The van der Waals surface area contributed by atoms with E-state index < -0.39 is 0 Å². The van der Waals surface area contributed by atoms with E-state index in [2.05, 4.69) is 86.6 Å². The van der Waals surface area contributed by atoms with Crippen LogP contribution in [0.5, 0.6) is 0 Å². The summed E-state index contributed by atoms with van der Waals surface area (Å²) in [5.41, 5.74) is 4.93. The summed E-state index contributed by atoms with van der Waals surface area (Å²) in [5, 5.41) is 0. The van der Waals surface area contributed by atoms with Gasteiger partial charge in [0.25, 0.3) is 0 Å². The maximum atomic E-state index is 4.09. The Morgan fingerprint density at radius 2 is 1.70 bits per heavy atom. The lowest BCUT2D eigenvalue weighted by Gasteiger charge is -2.42. The first-order valence-electron chi connectivity index (χ1n) is 8.27. The Labute approximate surface area is 152 Å². The van der Waals surface area contributed by atoms with Crippen LogP contribution in [0.15, 0.2) is 46.8 Å². The minimum atomic E-state index is 0.253. The summed E-state index contributed by atoms with van der Waals surface area (Å²) in [5.74, 6) is 0.275. The second kappa shape index (κ2) is 5.89. The number of halogens is 1. The average molecular weight is 389 g/mol. The molecule has 1 aliphatic rings. The number of allylic oxidation sites excluding steroid dienone is 1. The Morgan fingerprint density at radius 3 is 2.26 bits per heavy atom. The topological polar surface area (TPSA) is 0 Å². The average Bonchev–Trinajstić information content (AvgIpc) is 2.91. The second-order valence-electron chi connectivity index (χ2n) is 7.93. The number of fused-ring (bicyclic) bond motifs is 1. The first-order valence-corrected chi connectivity index (χ1v) is 9.88. The Balaban J connectivity index is 2.10. The molecule has 3 rings (SSSR count). The van der Waals surface area contributed by atoms with E-state index in [9.17, 15) is 0 Å². The third-order valence-electron chi connectivity index (χ3n) is 5.37. The summed E-state index contributed by atoms with van der Waals surface area (Å²) in [6.07, 6.45) is 4.58. The quantitative estimate of drug-likeness (QED) is 0.488. The lowest BCUT2D eigenvalue weighted by molar-refractivity contribution is 0.331. The van der Waals surface area contributed by atoms with Crippen LogP contribution in [0.25, 0.3) is 0 Å².